The molecule has 0 saturated heterocycles. The molecule has 2 aromatic carbocycles. The zero-order valence-corrected chi connectivity index (χ0v) is 14.6. The highest BCUT2D eigenvalue weighted by molar-refractivity contribution is 5.74. The first-order valence-electron chi connectivity index (χ1n) is 8.08. The molecule has 0 N–H and O–H groups in total. The molecule has 0 amide bonds. The molecule has 0 aliphatic heterocycles. The fraction of sp³-hybridized carbons (Fsp3) is 0.167. The van der Waals surface area contributed by atoms with Gasteiger partial charge in [-0.15, -0.1) is 10.2 Å². The van der Waals surface area contributed by atoms with E-state index in [1.807, 2.05) is 0 Å². The van der Waals surface area contributed by atoms with E-state index < -0.39 is 22.8 Å². The molecule has 10 heteroatoms. The van der Waals surface area contributed by atoms with Crippen LogP contribution in [0.25, 0.3) is 11.5 Å². The number of ether oxygens (including phenoxy) is 2. The fourth-order valence-corrected chi connectivity index (χ4v) is 2.17. The molecule has 9 nitrogen and oxygen atoms in total. The van der Waals surface area contributed by atoms with Crippen molar-refractivity contribution in [3.63, 3.8) is 0 Å². The predicted molar refractivity (Wildman–Crippen MR) is 92.7 cm³/mol. The van der Waals surface area contributed by atoms with E-state index in [0.29, 0.717) is 11.3 Å². The largest absolute Gasteiger partial charge is 0.479 e. The molecule has 0 saturated carbocycles. The number of hydrogen-bond acceptors (Lipinski definition) is 8. The second-order valence-corrected chi connectivity index (χ2v) is 5.63. The standard InChI is InChI=1S/C18H14FN3O6/c1-11(27-15-8-4-13(19)5-9-15)18(23)26-10-16-20-21-17(28-16)12-2-6-14(7-3-12)22(24)25/h2-9,11H,10H2,1H3/t11-/m1/s1. The second-order valence-electron chi connectivity index (χ2n) is 5.63. The van der Waals surface area contributed by atoms with Gasteiger partial charge < -0.3 is 13.9 Å². The summed E-state index contributed by atoms with van der Waals surface area (Å²) >= 11 is 0. The fourth-order valence-electron chi connectivity index (χ4n) is 2.17. The maximum absolute atomic E-state index is 12.9. The summed E-state index contributed by atoms with van der Waals surface area (Å²) in [4.78, 5) is 22.1. The Morgan fingerprint density at radius 2 is 1.86 bits per heavy atom. The van der Waals surface area contributed by atoms with Crippen LogP contribution in [0.5, 0.6) is 5.75 Å². The highest BCUT2D eigenvalue weighted by Gasteiger charge is 2.18. The van der Waals surface area contributed by atoms with Gasteiger partial charge in [0.25, 0.3) is 11.6 Å². The third kappa shape index (κ3) is 4.67. The van der Waals surface area contributed by atoms with E-state index >= 15 is 0 Å². The van der Waals surface area contributed by atoms with Crippen molar-refractivity contribution in [2.75, 3.05) is 0 Å². The van der Waals surface area contributed by atoms with Crippen LogP contribution >= 0.6 is 0 Å². The van der Waals surface area contributed by atoms with Crippen molar-refractivity contribution in [3.05, 3.63) is 70.4 Å². The third-order valence-corrected chi connectivity index (χ3v) is 3.59. The topological polar surface area (TPSA) is 118 Å². The zero-order chi connectivity index (χ0) is 20.1. The number of nitro groups is 1. The molecule has 0 radical (unpaired) electrons. The van der Waals surface area contributed by atoms with Gasteiger partial charge in [-0.2, -0.15) is 0 Å². The Morgan fingerprint density at radius 1 is 1.18 bits per heavy atom. The van der Waals surface area contributed by atoms with E-state index in [0.717, 1.165) is 0 Å². The molecule has 0 aliphatic rings. The number of hydrogen-bond donors (Lipinski definition) is 0. The van der Waals surface area contributed by atoms with Crippen LogP contribution in [0.4, 0.5) is 10.1 Å². The molecule has 0 aliphatic carbocycles. The quantitative estimate of drug-likeness (QED) is 0.344. The van der Waals surface area contributed by atoms with E-state index in [1.165, 1.54) is 55.5 Å². The Balaban J connectivity index is 1.55. The average molecular weight is 387 g/mol. The summed E-state index contributed by atoms with van der Waals surface area (Å²) in [6, 6.07) is 10.8. The lowest BCUT2D eigenvalue weighted by Gasteiger charge is -2.13. The lowest BCUT2D eigenvalue weighted by Crippen LogP contribution is -2.26. The molecule has 0 spiro atoms. The van der Waals surface area contributed by atoms with Gasteiger partial charge in [0, 0.05) is 17.7 Å². The van der Waals surface area contributed by atoms with Crippen LogP contribution in [0.1, 0.15) is 12.8 Å². The van der Waals surface area contributed by atoms with E-state index in [1.54, 1.807) is 0 Å². The van der Waals surface area contributed by atoms with Gasteiger partial charge in [0.2, 0.25) is 5.89 Å². The second kappa shape index (κ2) is 8.25. The summed E-state index contributed by atoms with van der Waals surface area (Å²) in [5, 5.41) is 18.2. The highest BCUT2D eigenvalue weighted by atomic mass is 19.1. The van der Waals surface area contributed by atoms with Crippen molar-refractivity contribution in [1.82, 2.24) is 10.2 Å². The number of nitro benzene ring substituents is 1. The van der Waals surface area contributed by atoms with Crippen LogP contribution in [-0.2, 0) is 16.1 Å². The van der Waals surface area contributed by atoms with Gasteiger partial charge in [0.15, 0.2) is 12.7 Å². The van der Waals surface area contributed by atoms with Gasteiger partial charge >= 0.3 is 5.97 Å². The van der Waals surface area contributed by atoms with Crippen molar-refractivity contribution in [1.29, 1.82) is 0 Å². The summed E-state index contributed by atoms with van der Waals surface area (Å²) in [5.41, 5.74) is 0.427. The van der Waals surface area contributed by atoms with Gasteiger partial charge in [0.1, 0.15) is 11.6 Å². The van der Waals surface area contributed by atoms with E-state index in [2.05, 4.69) is 10.2 Å². The number of rotatable bonds is 7. The van der Waals surface area contributed by atoms with Crippen LogP contribution in [-0.4, -0.2) is 27.2 Å². The van der Waals surface area contributed by atoms with Crippen molar-refractivity contribution < 1.29 is 28.0 Å². The van der Waals surface area contributed by atoms with E-state index in [9.17, 15) is 19.3 Å². The molecule has 28 heavy (non-hydrogen) atoms. The summed E-state index contributed by atoms with van der Waals surface area (Å²) in [6.07, 6.45) is -0.928. The van der Waals surface area contributed by atoms with Gasteiger partial charge in [-0.3, -0.25) is 10.1 Å². The normalized spacial score (nSPS) is 11.6. The van der Waals surface area contributed by atoms with Crippen LogP contribution < -0.4 is 4.74 Å². The van der Waals surface area contributed by atoms with E-state index in [-0.39, 0.29) is 24.1 Å². The Bertz CT molecular complexity index is 972. The highest BCUT2D eigenvalue weighted by Crippen LogP contribution is 2.21. The zero-order valence-electron chi connectivity index (χ0n) is 14.6. The summed E-state index contributed by atoms with van der Waals surface area (Å²) in [7, 11) is 0. The van der Waals surface area contributed by atoms with Crippen molar-refractivity contribution in [3.8, 4) is 17.2 Å². The van der Waals surface area contributed by atoms with Gasteiger partial charge in [-0.25, -0.2) is 9.18 Å². The van der Waals surface area contributed by atoms with Crippen molar-refractivity contribution >= 4 is 11.7 Å². The molecular weight excluding hydrogens is 373 g/mol. The Hall–Kier alpha value is -3.82. The maximum atomic E-state index is 12.9. The van der Waals surface area contributed by atoms with Crippen LogP contribution in [0, 0.1) is 15.9 Å². The number of carbonyl (C=O) groups excluding carboxylic acids is 1. The van der Waals surface area contributed by atoms with Crippen LogP contribution in [0.15, 0.2) is 52.9 Å². The van der Waals surface area contributed by atoms with E-state index in [4.69, 9.17) is 13.9 Å². The predicted octanol–water partition coefficient (Wildman–Crippen LogP) is 3.29. The number of nitrogens with zero attached hydrogens (tertiary/aromatic N) is 3. The average Bonchev–Trinajstić information content (AvgIpc) is 3.17. The number of benzene rings is 2. The molecule has 1 atom stereocenters. The number of halogens is 1. The van der Waals surface area contributed by atoms with Crippen molar-refractivity contribution in [2.24, 2.45) is 0 Å². The first kappa shape index (κ1) is 19.0. The molecule has 144 valence electrons. The van der Waals surface area contributed by atoms with Gasteiger partial charge in [-0.1, -0.05) is 0 Å². The van der Waals surface area contributed by atoms with Crippen molar-refractivity contribution in [2.45, 2.75) is 19.6 Å². The molecular formula is C18H14FN3O6. The minimum absolute atomic E-state index is 0.0516. The van der Waals surface area contributed by atoms with Crippen LogP contribution in [0.3, 0.4) is 0 Å². The molecule has 1 aromatic heterocycles. The Labute approximate surface area is 157 Å². The smallest absolute Gasteiger partial charge is 0.347 e. The summed E-state index contributed by atoms with van der Waals surface area (Å²) in [5.74, 6) is -0.571. The molecule has 3 aromatic rings. The SMILES string of the molecule is C[C@@H](Oc1ccc(F)cc1)C(=O)OCc1nnc(-c2ccc([N+](=O)[O-])cc2)o1. The first-order chi connectivity index (χ1) is 13.4. The third-order valence-electron chi connectivity index (χ3n) is 3.59. The molecule has 1 heterocycles. The molecule has 0 fully saturated rings. The number of carbonyl (C=O) groups is 1. The number of aromatic nitrogens is 2. The summed E-state index contributed by atoms with van der Waals surface area (Å²) in [6.45, 7) is 1.22. The van der Waals surface area contributed by atoms with Gasteiger partial charge in [-0.05, 0) is 43.3 Å². The minimum Gasteiger partial charge on any atom is -0.479 e. The molecule has 0 unspecified atom stereocenters. The number of non-ortho nitro benzene ring substituents is 1. The first-order valence-corrected chi connectivity index (χ1v) is 8.08. The van der Waals surface area contributed by atoms with Crippen LogP contribution in [0.2, 0.25) is 0 Å². The molecule has 3 rings (SSSR count). The van der Waals surface area contributed by atoms with Gasteiger partial charge in [0.05, 0.1) is 4.92 Å². The maximum Gasteiger partial charge on any atom is 0.347 e. The Kier molecular flexibility index (Phi) is 5.58. The number of esters is 1. The monoisotopic (exact) mass is 387 g/mol. The lowest BCUT2D eigenvalue weighted by molar-refractivity contribution is -0.384. The Morgan fingerprint density at radius 3 is 2.50 bits per heavy atom. The lowest BCUT2D eigenvalue weighted by atomic mass is 10.2. The summed E-state index contributed by atoms with van der Waals surface area (Å²) < 4.78 is 28.7. The minimum atomic E-state index is -0.928. The molecule has 0 bridgehead atoms.